The molecular formula is C17H25N3O3. The molecule has 0 aliphatic carbocycles. The number of amides is 1. The number of likely N-dealkylation sites (tertiary alicyclic amines) is 1. The number of aryl methyl sites for hydroxylation is 2. The van der Waals surface area contributed by atoms with Crippen molar-refractivity contribution in [3.05, 3.63) is 22.9 Å². The number of nitrogens with one attached hydrogen (secondary N) is 1. The van der Waals surface area contributed by atoms with E-state index >= 15 is 0 Å². The Kier molecular flexibility index (Phi) is 4.29. The molecule has 23 heavy (non-hydrogen) atoms. The molecule has 2 aliphatic heterocycles. The van der Waals surface area contributed by atoms with Crippen molar-refractivity contribution in [3.63, 3.8) is 0 Å². The third-order valence-corrected chi connectivity index (χ3v) is 4.91. The van der Waals surface area contributed by atoms with Crippen LogP contribution in [-0.4, -0.2) is 47.8 Å². The molecule has 2 aliphatic rings. The van der Waals surface area contributed by atoms with E-state index in [4.69, 9.17) is 9.47 Å². The first kappa shape index (κ1) is 16.2. The Morgan fingerprint density at radius 1 is 1.43 bits per heavy atom. The van der Waals surface area contributed by atoms with Gasteiger partial charge in [-0.25, -0.2) is 4.98 Å². The lowest BCUT2D eigenvalue weighted by molar-refractivity contribution is -0.123. The molecule has 0 radical (unpaired) electrons. The van der Waals surface area contributed by atoms with Crippen LogP contribution in [0.5, 0.6) is 5.88 Å². The summed E-state index contributed by atoms with van der Waals surface area (Å²) in [5, 5.41) is 3.02. The summed E-state index contributed by atoms with van der Waals surface area (Å²) in [7, 11) is 1.64. The van der Waals surface area contributed by atoms with E-state index in [0.29, 0.717) is 5.88 Å². The largest absolute Gasteiger partial charge is 0.481 e. The maximum atomic E-state index is 11.7. The van der Waals surface area contributed by atoms with Gasteiger partial charge in [-0.2, -0.15) is 0 Å². The Morgan fingerprint density at radius 3 is 2.65 bits per heavy atom. The summed E-state index contributed by atoms with van der Waals surface area (Å²) in [5.41, 5.74) is 3.02. The first-order chi connectivity index (χ1) is 10.9. The van der Waals surface area contributed by atoms with Gasteiger partial charge in [0.25, 0.3) is 5.91 Å². The van der Waals surface area contributed by atoms with Gasteiger partial charge in [0, 0.05) is 44.2 Å². The highest BCUT2D eigenvalue weighted by atomic mass is 16.5. The Labute approximate surface area is 137 Å². The maximum absolute atomic E-state index is 11.7. The monoisotopic (exact) mass is 319 g/mol. The minimum absolute atomic E-state index is 0.00416. The zero-order valence-electron chi connectivity index (χ0n) is 14.3. The first-order valence-corrected chi connectivity index (χ1v) is 8.16. The number of pyridine rings is 1. The number of hydrogen-bond acceptors (Lipinski definition) is 5. The summed E-state index contributed by atoms with van der Waals surface area (Å²) in [6.07, 6.45) is 1.31. The summed E-state index contributed by atoms with van der Waals surface area (Å²) in [5.74, 6) is 0.668. The van der Waals surface area contributed by atoms with Gasteiger partial charge in [0.1, 0.15) is 11.8 Å². The van der Waals surface area contributed by atoms with E-state index in [1.807, 2.05) is 19.9 Å². The lowest BCUT2D eigenvalue weighted by atomic mass is 9.99. The Bertz CT molecular complexity index is 586. The van der Waals surface area contributed by atoms with Crippen LogP contribution in [0.3, 0.4) is 0 Å². The summed E-state index contributed by atoms with van der Waals surface area (Å²) < 4.78 is 11.1. The van der Waals surface area contributed by atoms with Crippen LogP contribution in [0.25, 0.3) is 0 Å². The van der Waals surface area contributed by atoms with E-state index in [-0.39, 0.29) is 12.0 Å². The fraction of sp³-hybridized carbons (Fsp3) is 0.647. The number of carbonyl (C=O) groups is 1. The average Bonchev–Trinajstić information content (AvgIpc) is 2.79. The number of ether oxygens (including phenoxy) is 2. The molecule has 1 aromatic rings. The minimum Gasteiger partial charge on any atom is -0.481 e. The second kappa shape index (κ2) is 6.09. The number of nitrogens with zero attached hydrogens (tertiary/aromatic N) is 2. The van der Waals surface area contributed by atoms with Gasteiger partial charge in [-0.3, -0.25) is 9.69 Å². The molecule has 6 heteroatoms. The second-order valence-electron chi connectivity index (χ2n) is 6.57. The van der Waals surface area contributed by atoms with Crippen LogP contribution < -0.4 is 10.1 Å². The zero-order chi connectivity index (χ0) is 16.6. The average molecular weight is 319 g/mol. The van der Waals surface area contributed by atoms with Gasteiger partial charge >= 0.3 is 0 Å². The fourth-order valence-electron chi connectivity index (χ4n) is 3.45. The standard InChI is InChI=1S/C17H25N3O3/c1-11-9-15(22-4)18-12(2)14(11)10-20-7-5-17(6-8-20)19-16(21)13(3)23-17/h9,13H,5-8,10H2,1-4H3,(H,19,21). The summed E-state index contributed by atoms with van der Waals surface area (Å²) in [6, 6.07) is 1.98. The van der Waals surface area contributed by atoms with E-state index in [1.165, 1.54) is 11.1 Å². The highest BCUT2D eigenvalue weighted by Crippen LogP contribution is 2.31. The van der Waals surface area contributed by atoms with Gasteiger partial charge in [0.2, 0.25) is 5.88 Å². The van der Waals surface area contributed by atoms with Crippen molar-refractivity contribution in [2.45, 2.75) is 52.0 Å². The molecule has 3 heterocycles. The minimum atomic E-state index is -0.449. The number of hydrogen-bond donors (Lipinski definition) is 1. The SMILES string of the molecule is COc1cc(C)c(CN2CCC3(CC2)NC(=O)C(C)O3)c(C)n1. The predicted molar refractivity (Wildman–Crippen MR) is 86.2 cm³/mol. The molecule has 1 atom stereocenters. The molecule has 2 saturated heterocycles. The number of piperidine rings is 1. The van der Waals surface area contributed by atoms with Crippen LogP contribution in [0.15, 0.2) is 6.07 Å². The van der Waals surface area contributed by atoms with Crippen LogP contribution >= 0.6 is 0 Å². The van der Waals surface area contributed by atoms with Gasteiger partial charge in [-0.05, 0) is 31.9 Å². The topological polar surface area (TPSA) is 63.7 Å². The van der Waals surface area contributed by atoms with Crippen molar-refractivity contribution < 1.29 is 14.3 Å². The molecule has 0 saturated carbocycles. The molecule has 0 aromatic carbocycles. The van der Waals surface area contributed by atoms with Crippen LogP contribution in [-0.2, 0) is 16.1 Å². The molecule has 3 rings (SSSR count). The van der Waals surface area contributed by atoms with Crippen molar-refractivity contribution >= 4 is 5.91 Å². The number of carbonyl (C=O) groups excluding carboxylic acids is 1. The van der Waals surface area contributed by atoms with Crippen molar-refractivity contribution in [3.8, 4) is 5.88 Å². The first-order valence-electron chi connectivity index (χ1n) is 8.16. The smallest absolute Gasteiger partial charge is 0.251 e. The van der Waals surface area contributed by atoms with E-state index in [2.05, 4.69) is 22.1 Å². The summed E-state index contributed by atoms with van der Waals surface area (Å²) >= 11 is 0. The molecule has 6 nitrogen and oxygen atoms in total. The summed E-state index contributed by atoms with van der Waals surface area (Å²) in [6.45, 7) is 8.61. The highest BCUT2D eigenvalue weighted by molar-refractivity contribution is 5.82. The molecule has 126 valence electrons. The fourth-order valence-corrected chi connectivity index (χ4v) is 3.45. The predicted octanol–water partition coefficient (Wildman–Crippen LogP) is 1.53. The normalized spacial score (nSPS) is 24.0. The second-order valence-corrected chi connectivity index (χ2v) is 6.57. The third kappa shape index (κ3) is 3.19. The molecule has 0 bridgehead atoms. The molecule has 2 fully saturated rings. The van der Waals surface area contributed by atoms with Gasteiger partial charge in [0.15, 0.2) is 0 Å². The number of aromatic nitrogens is 1. The quantitative estimate of drug-likeness (QED) is 0.915. The van der Waals surface area contributed by atoms with Gasteiger partial charge in [-0.15, -0.1) is 0 Å². The lowest BCUT2D eigenvalue weighted by Gasteiger charge is -2.38. The Balaban J connectivity index is 1.65. The molecular weight excluding hydrogens is 294 g/mol. The lowest BCUT2D eigenvalue weighted by Crippen LogP contribution is -2.51. The van der Waals surface area contributed by atoms with E-state index < -0.39 is 5.72 Å². The molecule has 1 aromatic heterocycles. The van der Waals surface area contributed by atoms with Crippen molar-refractivity contribution in [1.29, 1.82) is 0 Å². The van der Waals surface area contributed by atoms with Gasteiger partial charge in [0.05, 0.1) is 7.11 Å². The van der Waals surface area contributed by atoms with Crippen molar-refractivity contribution in [2.24, 2.45) is 0 Å². The molecule has 1 N–H and O–H groups in total. The van der Waals surface area contributed by atoms with Crippen LogP contribution in [0.2, 0.25) is 0 Å². The molecule has 1 spiro atoms. The van der Waals surface area contributed by atoms with Crippen molar-refractivity contribution in [2.75, 3.05) is 20.2 Å². The number of rotatable bonds is 3. The molecule has 1 amide bonds. The van der Waals surface area contributed by atoms with E-state index in [0.717, 1.165) is 38.2 Å². The van der Waals surface area contributed by atoms with Crippen LogP contribution in [0.4, 0.5) is 0 Å². The summed E-state index contributed by atoms with van der Waals surface area (Å²) in [4.78, 5) is 18.6. The number of methoxy groups -OCH3 is 1. The zero-order valence-corrected chi connectivity index (χ0v) is 14.3. The van der Waals surface area contributed by atoms with Crippen LogP contribution in [0, 0.1) is 13.8 Å². The van der Waals surface area contributed by atoms with E-state index in [1.54, 1.807) is 7.11 Å². The van der Waals surface area contributed by atoms with Crippen molar-refractivity contribution in [1.82, 2.24) is 15.2 Å². The van der Waals surface area contributed by atoms with E-state index in [9.17, 15) is 4.79 Å². The van der Waals surface area contributed by atoms with Gasteiger partial charge < -0.3 is 14.8 Å². The Morgan fingerprint density at radius 2 is 2.13 bits per heavy atom. The Hall–Kier alpha value is -1.66. The maximum Gasteiger partial charge on any atom is 0.251 e. The molecule has 1 unspecified atom stereocenters. The van der Waals surface area contributed by atoms with Gasteiger partial charge in [-0.1, -0.05) is 0 Å². The third-order valence-electron chi connectivity index (χ3n) is 4.91. The highest BCUT2D eigenvalue weighted by Gasteiger charge is 2.45. The van der Waals surface area contributed by atoms with Crippen LogP contribution in [0.1, 0.15) is 36.6 Å².